The molecule has 1 heterocycles. The molecule has 0 unspecified atom stereocenters. The van der Waals surface area contributed by atoms with Crippen molar-refractivity contribution in [2.24, 2.45) is 0 Å². The fourth-order valence-electron chi connectivity index (χ4n) is 1.44. The van der Waals surface area contributed by atoms with Gasteiger partial charge in [-0.3, -0.25) is 0 Å². The first kappa shape index (κ1) is 12.3. The molecule has 0 fully saturated rings. The van der Waals surface area contributed by atoms with Crippen molar-refractivity contribution in [3.63, 3.8) is 0 Å². The second-order valence-electron chi connectivity index (χ2n) is 3.61. The Kier molecular flexibility index (Phi) is 3.64. The van der Waals surface area contributed by atoms with Gasteiger partial charge in [-0.25, -0.2) is 8.78 Å². The van der Waals surface area contributed by atoms with Crippen LogP contribution in [-0.2, 0) is 6.54 Å². The quantitative estimate of drug-likeness (QED) is 0.862. The van der Waals surface area contributed by atoms with E-state index < -0.39 is 11.6 Å². The summed E-state index contributed by atoms with van der Waals surface area (Å²) in [7, 11) is 0. The van der Waals surface area contributed by atoms with Gasteiger partial charge in [0.25, 0.3) is 0 Å². The zero-order valence-electron chi connectivity index (χ0n) is 9.06. The highest BCUT2D eigenvalue weighted by Gasteiger charge is 2.11. The maximum atomic E-state index is 13.6. The molecule has 5 heteroatoms. The Morgan fingerprint density at radius 1 is 1.24 bits per heavy atom. The summed E-state index contributed by atoms with van der Waals surface area (Å²) in [6, 6.07) is 6.25. The summed E-state index contributed by atoms with van der Waals surface area (Å²) >= 11 is 7.15. The number of hydrogen-bond donors (Lipinski definition) is 1. The lowest BCUT2D eigenvalue weighted by atomic mass is 10.2. The minimum absolute atomic E-state index is 0.0884. The van der Waals surface area contributed by atoms with Crippen molar-refractivity contribution in [3.05, 3.63) is 50.7 Å². The van der Waals surface area contributed by atoms with Crippen LogP contribution in [0.25, 0.3) is 0 Å². The molecule has 0 saturated carbocycles. The fraction of sp³-hybridized carbons (Fsp3) is 0.167. The minimum Gasteiger partial charge on any atom is -0.375 e. The molecule has 0 bridgehead atoms. The number of hydrogen-bond acceptors (Lipinski definition) is 2. The maximum Gasteiger partial charge on any atom is 0.152 e. The molecule has 0 spiro atoms. The van der Waals surface area contributed by atoms with E-state index >= 15 is 0 Å². The molecule has 1 N–H and O–H groups in total. The third-order valence-corrected chi connectivity index (χ3v) is 3.58. The number of thiophene rings is 1. The van der Waals surface area contributed by atoms with Gasteiger partial charge in [0.05, 0.1) is 4.34 Å². The van der Waals surface area contributed by atoms with Gasteiger partial charge in [-0.05, 0) is 30.7 Å². The van der Waals surface area contributed by atoms with Gasteiger partial charge in [0.1, 0.15) is 11.5 Å². The number of halogens is 3. The Morgan fingerprint density at radius 3 is 2.65 bits per heavy atom. The van der Waals surface area contributed by atoms with Gasteiger partial charge in [0.2, 0.25) is 0 Å². The second kappa shape index (κ2) is 5.02. The molecule has 0 atom stereocenters. The van der Waals surface area contributed by atoms with Gasteiger partial charge in [-0.15, -0.1) is 11.3 Å². The summed E-state index contributed by atoms with van der Waals surface area (Å²) in [5.41, 5.74) is 0.327. The first-order valence-electron chi connectivity index (χ1n) is 5.00. The Hall–Kier alpha value is -1.13. The SMILES string of the molecule is Cc1ccc(F)c(NCc2ccc(Cl)s2)c1F. The molecule has 0 aliphatic heterocycles. The van der Waals surface area contributed by atoms with E-state index in [2.05, 4.69) is 5.32 Å². The molecule has 2 aromatic rings. The maximum absolute atomic E-state index is 13.6. The van der Waals surface area contributed by atoms with Crippen LogP contribution in [0.15, 0.2) is 24.3 Å². The monoisotopic (exact) mass is 273 g/mol. The predicted molar refractivity (Wildman–Crippen MR) is 67.8 cm³/mol. The van der Waals surface area contributed by atoms with Gasteiger partial charge < -0.3 is 5.32 Å². The molecule has 0 saturated heterocycles. The molecule has 0 radical (unpaired) electrons. The lowest BCUT2D eigenvalue weighted by molar-refractivity contribution is 0.582. The molecular formula is C12H10ClF2NS. The highest BCUT2D eigenvalue weighted by molar-refractivity contribution is 7.16. The highest BCUT2D eigenvalue weighted by Crippen LogP contribution is 2.25. The van der Waals surface area contributed by atoms with Crippen LogP contribution < -0.4 is 5.32 Å². The topological polar surface area (TPSA) is 12.0 Å². The lowest BCUT2D eigenvalue weighted by Crippen LogP contribution is -2.03. The summed E-state index contributed by atoms with van der Waals surface area (Å²) in [5.74, 6) is -1.14. The molecule has 0 amide bonds. The molecule has 90 valence electrons. The van der Waals surface area contributed by atoms with Crippen molar-refractivity contribution in [1.29, 1.82) is 0 Å². The lowest BCUT2D eigenvalue weighted by Gasteiger charge is -2.09. The second-order valence-corrected chi connectivity index (χ2v) is 5.41. The number of benzene rings is 1. The number of aryl methyl sites for hydroxylation is 1. The molecule has 0 aliphatic carbocycles. The van der Waals surface area contributed by atoms with Crippen molar-refractivity contribution in [2.45, 2.75) is 13.5 Å². The van der Waals surface area contributed by atoms with E-state index in [1.54, 1.807) is 13.0 Å². The van der Waals surface area contributed by atoms with E-state index in [0.717, 1.165) is 4.88 Å². The van der Waals surface area contributed by atoms with Crippen LogP contribution in [0.2, 0.25) is 4.34 Å². The summed E-state index contributed by atoms with van der Waals surface area (Å²) in [6.45, 7) is 1.96. The molecule has 2 rings (SSSR count). The first-order chi connectivity index (χ1) is 8.08. The zero-order valence-corrected chi connectivity index (χ0v) is 10.6. The Balaban J connectivity index is 2.16. The van der Waals surface area contributed by atoms with Crippen molar-refractivity contribution in [2.75, 3.05) is 5.32 Å². The normalized spacial score (nSPS) is 10.6. The summed E-state index contributed by atoms with van der Waals surface area (Å²) in [4.78, 5) is 0.926. The third kappa shape index (κ3) is 2.76. The zero-order chi connectivity index (χ0) is 12.4. The summed E-state index contributed by atoms with van der Waals surface area (Å²) in [6.07, 6.45) is 0. The average Bonchev–Trinajstić information content (AvgIpc) is 2.70. The van der Waals surface area contributed by atoms with Crippen LogP contribution in [-0.4, -0.2) is 0 Å². The van der Waals surface area contributed by atoms with Gasteiger partial charge >= 0.3 is 0 Å². The number of anilines is 1. The predicted octanol–water partition coefficient (Wildman–Crippen LogP) is 4.60. The molecular weight excluding hydrogens is 264 g/mol. The van der Waals surface area contributed by atoms with Crippen molar-refractivity contribution in [1.82, 2.24) is 0 Å². The van der Waals surface area contributed by atoms with Crippen molar-refractivity contribution in [3.8, 4) is 0 Å². The van der Waals surface area contributed by atoms with E-state index in [4.69, 9.17) is 11.6 Å². The Morgan fingerprint density at radius 2 is 2.00 bits per heavy atom. The number of nitrogens with one attached hydrogen (secondary N) is 1. The van der Waals surface area contributed by atoms with Crippen LogP contribution in [0.5, 0.6) is 0 Å². The van der Waals surface area contributed by atoms with Crippen molar-refractivity contribution < 1.29 is 8.78 Å². The van der Waals surface area contributed by atoms with Crippen LogP contribution >= 0.6 is 22.9 Å². The van der Waals surface area contributed by atoms with Crippen LogP contribution in [0.1, 0.15) is 10.4 Å². The van der Waals surface area contributed by atoms with E-state index in [9.17, 15) is 8.78 Å². The fourth-order valence-corrected chi connectivity index (χ4v) is 2.47. The van der Waals surface area contributed by atoms with E-state index in [-0.39, 0.29) is 5.69 Å². The van der Waals surface area contributed by atoms with Gasteiger partial charge in [-0.1, -0.05) is 17.7 Å². The Labute approximate surface area is 107 Å². The van der Waals surface area contributed by atoms with E-state index in [1.165, 1.54) is 23.5 Å². The van der Waals surface area contributed by atoms with Crippen LogP contribution in [0, 0.1) is 18.6 Å². The molecule has 17 heavy (non-hydrogen) atoms. The first-order valence-corrected chi connectivity index (χ1v) is 6.20. The smallest absolute Gasteiger partial charge is 0.152 e. The number of rotatable bonds is 3. The molecule has 1 aromatic heterocycles. The van der Waals surface area contributed by atoms with Gasteiger partial charge in [0.15, 0.2) is 5.82 Å². The summed E-state index contributed by atoms with van der Waals surface area (Å²) in [5, 5.41) is 2.75. The van der Waals surface area contributed by atoms with Crippen molar-refractivity contribution >= 4 is 28.6 Å². The largest absolute Gasteiger partial charge is 0.375 e. The van der Waals surface area contributed by atoms with Crippen LogP contribution in [0.3, 0.4) is 0 Å². The summed E-state index contributed by atoms with van der Waals surface area (Å²) < 4.78 is 27.7. The molecule has 1 aromatic carbocycles. The molecule has 0 aliphatic rings. The standard InChI is InChI=1S/C12H10ClF2NS/c1-7-2-4-9(14)12(11(7)15)16-6-8-3-5-10(13)17-8/h2-5,16H,6H2,1H3. The Bertz CT molecular complexity index is 539. The highest BCUT2D eigenvalue weighted by atomic mass is 35.5. The third-order valence-electron chi connectivity index (χ3n) is 2.35. The van der Waals surface area contributed by atoms with E-state index in [0.29, 0.717) is 16.4 Å². The average molecular weight is 274 g/mol. The van der Waals surface area contributed by atoms with Gasteiger partial charge in [0, 0.05) is 11.4 Å². The van der Waals surface area contributed by atoms with E-state index in [1.807, 2.05) is 6.07 Å². The molecule has 1 nitrogen and oxygen atoms in total. The van der Waals surface area contributed by atoms with Crippen LogP contribution in [0.4, 0.5) is 14.5 Å². The van der Waals surface area contributed by atoms with Gasteiger partial charge in [-0.2, -0.15) is 0 Å². The minimum atomic E-state index is -0.587.